The summed E-state index contributed by atoms with van der Waals surface area (Å²) in [5.41, 5.74) is 7.69. The number of hydrogen-bond donors (Lipinski definition) is 2. The lowest BCUT2D eigenvalue weighted by molar-refractivity contribution is 0.113. The van der Waals surface area contributed by atoms with Gasteiger partial charge in [0.15, 0.2) is 0 Å². The van der Waals surface area contributed by atoms with E-state index in [4.69, 9.17) is 10.5 Å². The fourth-order valence-electron chi connectivity index (χ4n) is 4.55. The first-order chi connectivity index (χ1) is 13.0. The molecule has 2 heterocycles. The van der Waals surface area contributed by atoms with E-state index in [2.05, 4.69) is 23.5 Å². The van der Waals surface area contributed by atoms with Crippen molar-refractivity contribution in [1.29, 1.82) is 0 Å². The molecule has 0 radical (unpaired) electrons. The molecule has 0 aliphatic heterocycles. The Morgan fingerprint density at radius 1 is 1.39 bits per heavy atom. The van der Waals surface area contributed by atoms with Gasteiger partial charge < -0.3 is 15.6 Å². The normalized spacial score (nSPS) is 27.8. The molecule has 4 rings (SSSR count). The van der Waals surface area contributed by atoms with Crippen molar-refractivity contribution in [2.75, 3.05) is 0 Å². The molecule has 0 amide bonds. The first-order valence-corrected chi connectivity index (χ1v) is 10.9. The number of hydrogen-bond acceptors (Lipinski definition) is 6. The van der Waals surface area contributed by atoms with Crippen molar-refractivity contribution in [3.8, 4) is 5.88 Å². The summed E-state index contributed by atoms with van der Waals surface area (Å²) >= 11 is 1.75. The molecule has 3 N–H and O–H groups in total. The maximum Gasteiger partial charge on any atom is 0.225 e. The maximum absolute atomic E-state index is 10.1. The molecule has 0 bridgehead atoms. The first kappa shape index (κ1) is 21.5. The van der Waals surface area contributed by atoms with Gasteiger partial charge in [0.1, 0.15) is 17.3 Å². The molecular weight excluding hydrogens is 394 g/mol. The number of aliphatic hydroxyl groups excluding tert-OH is 1. The fraction of sp³-hybridized carbons (Fsp3) is 0.619. The number of aryl methyl sites for hydroxylation is 1. The standard InChI is InChI=1S/C21H29N3O2S.ClH/c1-3-14(25)11-13-5-6-16-17(13)18-19(23-12-24-20(18)27-16)26-15-7-9-21(22,4-2)10-8-15;/h3,12-15,25H,1,4-11,22H2,2H3;1H/t13-,14+,15?,21?;/m1./s1. The molecule has 28 heavy (non-hydrogen) atoms. The van der Waals surface area contributed by atoms with Crippen LogP contribution in [0.4, 0.5) is 0 Å². The van der Waals surface area contributed by atoms with Gasteiger partial charge in [0, 0.05) is 10.4 Å². The van der Waals surface area contributed by atoms with Gasteiger partial charge in [-0.1, -0.05) is 13.0 Å². The highest BCUT2D eigenvalue weighted by atomic mass is 35.5. The zero-order chi connectivity index (χ0) is 19.0. The van der Waals surface area contributed by atoms with Crippen LogP contribution in [0.2, 0.25) is 0 Å². The lowest BCUT2D eigenvalue weighted by Gasteiger charge is -2.36. The predicted octanol–water partition coefficient (Wildman–Crippen LogP) is 4.51. The van der Waals surface area contributed by atoms with Gasteiger partial charge in [0.25, 0.3) is 0 Å². The van der Waals surface area contributed by atoms with Crippen molar-refractivity contribution in [2.24, 2.45) is 5.73 Å². The minimum atomic E-state index is -0.477. The highest BCUT2D eigenvalue weighted by Crippen LogP contribution is 2.48. The molecule has 154 valence electrons. The van der Waals surface area contributed by atoms with E-state index in [0.717, 1.165) is 55.2 Å². The van der Waals surface area contributed by atoms with Crippen molar-refractivity contribution < 1.29 is 9.84 Å². The summed E-state index contributed by atoms with van der Waals surface area (Å²) in [6.07, 6.45) is 10.7. The average molecular weight is 424 g/mol. The third kappa shape index (κ3) is 4.06. The molecule has 5 nitrogen and oxygen atoms in total. The Morgan fingerprint density at radius 2 is 2.14 bits per heavy atom. The number of nitrogens with zero attached hydrogens (tertiary/aromatic N) is 2. The molecule has 2 atom stereocenters. The quantitative estimate of drug-likeness (QED) is 0.668. The second-order valence-corrected chi connectivity index (χ2v) is 9.19. The minimum Gasteiger partial charge on any atom is -0.474 e. The van der Waals surface area contributed by atoms with Crippen LogP contribution in [-0.2, 0) is 6.42 Å². The van der Waals surface area contributed by atoms with Crippen LogP contribution >= 0.6 is 23.7 Å². The number of aliphatic hydroxyl groups is 1. The van der Waals surface area contributed by atoms with Gasteiger partial charge in [-0.25, -0.2) is 9.97 Å². The molecule has 0 saturated heterocycles. The zero-order valence-corrected chi connectivity index (χ0v) is 18.0. The Hall–Kier alpha value is -1.21. The second kappa shape index (κ2) is 8.66. The summed E-state index contributed by atoms with van der Waals surface area (Å²) in [6, 6.07) is 0. The van der Waals surface area contributed by atoms with Crippen LogP contribution in [0, 0.1) is 0 Å². The topological polar surface area (TPSA) is 81.3 Å². The summed E-state index contributed by atoms with van der Waals surface area (Å²) in [5, 5.41) is 11.1. The fourth-order valence-corrected chi connectivity index (χ4v) is 5.78. The van der Waals surface area contributed by atoms with Gasteiger partial charge in [0.05, 0.1) is 11.5 Å². The zero-order valence-electron chi connectivity index (χ0n) is 16.4. The smallest absolute Gasteiger partial charge is 0.225 e. The third-order valence-electron chi connectivity index (χ3n) is 6.40. The van der Waals surface area contributed by atoms with Gasteiger partial charge in [-0.15, -0.1) is 30.3 Å². The van der Waals surface area contributed by atoms with Gasteiger partial charge >= 0.3 is 0 Å². The summed E-state index contributed by atoms with van der Waals surface area (Å²) < 4.78 is 6.39. The Labute approximate surface area is 176 Å². The van der Waals surface area contributed by atoms with E-state index in [0.29, 0.717) is 18.2 Å². The Morgan fingerprint density at radius 3 is 2.82 bits per heavy atom. The number of rotatable bonds is 6. The molecule has 0 aromatic carbocycles. The van der Waals surface area contributed by atoms with Gasteiger partial charge in [-0.05, 0) is 62.8 Å². The van der Waals surface area contributed by atoms with E-state index < -0.39 is 6.10 Å². The molecule has 2 aromatic heterocycles. The van der Waals surface area contributed by atoms with E-state index in [9.17, 15) is 5.11 Å². The molecule has 2 aliphatic rings. The molecule has 2 aliphatic carbocycles. The Kier molecular flexibility index (Phi) is 6.65. The maximum atomic E-state index is 10.1. The number of thiophene rings is 1. The molecule has 0 unspecified atom stereocenters. The van der Waals surface area contributed by atoms with Crippen LogP contribution in [0.5, 0.6) is 5.88 Å². The van der Waals surface area contributed by atoms with Crippen molar-refractivity contribution in [3.05, 3.63) is 29.4 Å². The third-order valence-corrected chi connectivity index (χ3v) is 7.58. The van der Waals surface area contributed by atoms with Crippen molar-refractivity contribution >= 4 is 34.0 Å². The Balaban J connectivity index is 0.00000225. The highest BCUT2D eigenvalue weighted by Gasteiger charge is 2.34. The molecular formula is C21H30ClN3O2S. The molecule has 1 fully saturated rings. The van der Waals surface area contributed by atoms with Crippen molar-refractivity contribution in [2.45, 2.75) is 82.0 Å². The number of halogens is 1. The molecule has 7 heteroatoms. The number of ether oxygens (including phenoxy) is 1. The van der Waals surface area contributed by atoms with E-state index in [1.807, 2.05) is 0 Å². The van der Waals surface area contributed by atoms with E-state index in [-0.39, 0.29) is 24.0 Å². The van der Waals surface area contributed by atoms with Crippen LogP contribution in [-0.4, -0.2) is 32.8 Å². The summed E-state index contributed by atoms with van der Waals surface area (Å²) in [5.74, 6) is 1.03. The van der Waals surface area contributed by atoms with E-state index in [1.54, 1.807) is 23.7 Å². The van der Waals surface area contributed by atoms with Crippen LogP contribution in [0.1, 0.15) is 68.2 Å². The van der Waals surface area contributed by atoms with Gasteiger partial charge in [-0.2, -0.15) is 0 Å². The SMILES string of the molecule is C=C[C@H](O)C[C@H]1CCc2sc3ncnc(OC4CCC(N)(CC)CC4)c3c21.Cl. The summed E-state index contributed by atoms with van der Waals surface area (Å²) in [6.45, 7) is 5.88. The first-order valence-electron chi connectivity index (χ1n) is 10.1. The number of fused-ring (bicyclic) bond motifs is 3. The van der Waals surface area contributed by atoms with E-state index >= 15 is 0 Å². The summed E-state index contributed by atoms with van der Waals surface area (Å²) in [4.78, 5) is 11.4. The lowest BCUT2D eigenvalue weighted by Crippen LogP contribution is -2.44. The lowest BCUT2D eigenvalue weighted by atomic mass is 9.79. The monoisotopic (exact) mass is 423 g/mol. The highest BCUT2D eigenvalue weighted by molar-refractivity contribution is 7.19. The largest absolute Gasteiger partial charge is 0.474 e. The average Bonchev–Trinajstić information content (AvgIpc) is 3.24. The van der Waals surface area contributed by atoms with Crippen LogP contribution in [0.3, 0.4) is 0 Å². The van der Waals surface area contributed by atoms with Crippen molar-refractivity contribution in [3.63, 3.8) is 0 Å². The summed E-state index contributed by atoms with van der Waals surface area (Å²) in [7, 11) is 0. The Bertz CT molecular complexity index is 832. The number of aromatic nitrogens is 2. The van der Waals surface area contributed by atoms with Gasteiger partial charge in [-0.3, -0.25) is 0 Å². The van der Waals surface area contributed by atoms with Crippen molar-refractivity contribution in [1.82, 2.24) is 9.97 Å². The molecule has 2 aromatic rings. The second-order valence-electron chi connectivity index (χ2n) is 8.11. The van der Waals surface area contributed by atoms with Gasteiger partial charge in [0.2, 0.25) is 5.88 Å². The predicted molar refractivity (Wildman–Crippen MR) is 117 cm³/mol. The molecule has 0 spiro atoms. The van der Waals surface area contributed by atoms with Crippen LogP contribution in [0.25, 0.3) is 10.2 Å². The number of nitrogens with two attached hydrogens (primary N) is 1. The van der Waals surface area contributed by atoms with Crippen LogP contribution in [0.15, 0.2) is 19.0 Å². The minimum absolute atomic E-state index is 0. The van der Waals surface area contributed by atoms with Crippen LogP contribution < -0.4 is 10.5 Å². The molecule has 1 saturated carbocycles. The van der Waals surface area contributed by atoms with E-state index in [1.165, 1.54) is 10.4 Å².